The molecule has 104 valence electrons. The molecule has 0 amide bonds. The molecule has 0 saturated heterocycles. The Kier molecular flexibility index (Phi) is 3.98. The number of hydrogen-bond donors (Lipinski definition) is 2. The van der Waals surface area contributed by atoms with Crippen LogP contribution in [0.4, 0.5) is 14.5 Å². The Balaban J connectivity index is 2.33. The van der Waals surface area contributed by atoms with Gasteiger partial charge in [0, 0.05) is 11.3 Å². The summed E-state index contributed by atoms with van der Waals surface area (Å²) in [6, 6.07) is 9.14. The second-order valence-corrected chi connectivity index (χ2v) is 4.35. The molecule has 2 aromatic rings. The van der Waals surface area contributed by atoms with Crippen LogP contribution in [0, 0.1) is 11.6 Å². The number of benzene rings is 2. The maximum Gasteiger partial charge on any atom is 0.337 e. The number of carboxylic acids is 1. The average Bonchev–Trinajstić information content (AvgIpc) is 2.38. The third kappa shape index (κ3) is 2.77. The summed E-state index contributed by atoms with van der Waals surface area (Å²) in [6.07, 6.45) is 0. The van der Waals surface area contributed by atoms with Crippen LogP contribution in [0.15, 0.2) is 42.5 Å². The van der Waals surface area contributed by atoms with E-state index in [-0.39, 0.29) is 11.1 Å². The van der Waals surface area contributed by atoms with Gasteiger partial charge >= 0.3 is 5.97 Å². The van der Waals surface area contributed by atoms with Crippen LogP contribution in [0.1, 0.15) is 28.9 Å². The van der Waals surface area contributed by atoms with Gasteiger partial charge in [-0.2, -0.15) is 0 Å². The van der Waals surface area contributed by atoms with Crippen LogP contribution in [0.2, 0.25) is 0 Å². The maximum absolute atomic E-state index is 13.7. The molecule has 0 aromatic heterocycles. The minimum atomic E-state index is -1.10. The second-order valence-electron chi connectivity index (χ2n) is 4.35. The number of aromatic carboxylic acids is 1. The lowest BCUT2D eigenvalue weighted by Gasteiger charge is -2.18. The van der Waals surface area contributed by atoms with Gasteiger partial charge in [0.2, 0.25) is 0 Å². The van der Waals surface area contributed by atoms with Crippen molar-refractivity contribution in [1.82, 2.24) is 0 Å². The van der Waals surface area contributed by atoms with Crippen molar-refractivity contribution in [3.8, 4) is 0 Å². The summed E-state index contributed by atoms with van der Waals surface area (Å²) < 4.78 is 27.3. The lowest BCUT2D eigenvalue weighted by atomic mass is 10.1. The predicted octanol–water partition coefficient (Wildman–Crippen LogP) is 3.84. The fourth-order valence-corrected chi connectivity index (χ4v) is 2.03. The van der Waals surface area contributed by atoms with E-state index in [1.165, 1.54) is 24.3 Å². The number of carboxylic acid groups (broad SMARTS) is 1. The van der Waals surface area contributed by atoms with E-state index in [2.05, 4.69) is 5.32 Å². The molecule has 3 nitrogen and oxygen atoms in total. The normalized spacial score (nSPS) is 11.9. The van der Waals surface area contributed by atoms with E-state index in [9.17, 15) is 13.6 Å². The molecule has 2 aromatic carbocycles. The summed E-state index contributed by atoms with van der Waals surface area (Å²) in [7, 11) is 0. The highest BCUT2D eigenvalue weighted by molar-refractivity contribution is 5.94. The minimum Gasteiger partial charge on any atom is -0.478 e. The van der Waals surface area contributed by atoms with Crippen LogP contribution in [0.25, 0.3) is 0 Å². The smallest absolute Gasteiger partial charge is 0.337 e. The van der Waals surface area contributed by atoms with Crippen molar-refractivity contribution in [3.63, 3.8) is 0 Å². The maximum atomic E-state index is 13.7. The summed E-state index contributed by atoms with van der Waals surface area (Å²) in [5.41, 5.74) is 0.249. The Labute approximate surface area is 114 Å². The number of para-hydroxylation sites is 1. The summed E-state index contributed by atoms with van der Waals surface area (Å²) in [4.78, 5) is 11.1. The van der Waals surface area contributed by atoms with E-state index in [4.69, 9.17) is 5.11 Å². The number of halogens is 2. The molecule has 20 heavy (non-hydrogen) atoms. The molecule has 0 fully saturated rings. The van der Waals surface area contributed by atoms with Crippen LogP contribution in [-0.4, -0.2) is 11.1 Å². The van der Waals surface area contributed by atoms with Crippen LogP contribution in [0.3, 0.4) is 0 Å². The van der Waals surface area contributed by atoms with Crippen molar-refractivity contribution in [2.75, 3.05) is 5.32 Å². The Bertz CT molecular complexity index is 623. The summed E-state index contributed by atoms with van der Waals surface area (Å²) in [6.45, 7) is 1.57. The number of anilines is 1. The fraction of sp³-hybridized carbons (Fsp3) is 0.133. The van der Waals surface area contributed by atoms with Crippen molar-refractivity contribution in [1.29, 1.82) is 0 Å². The fourth-order valence-electron chi connectivity index (χ4n) is 2.03. The van der Waals surface area contributed by atoms with Gasteiger partial charge < -0.3 is 10.4 Å². The van der Waals surface area contributed by atoms with Gasteiger partial charge in [0.15, 0.2) is 0 Å². The molecule has 0 aliphatic rings. The van der Waals surface area contributed by atoms with Gasteiger partial charge in [-0.3, -0.25) is 0 Å². The number of rotatable bonds is 4. The third-order valence-corrected chi connectivity index (χ3v) is 2.96. The molecule has 2 N–H and O–H groups in total. The lowest BCUT2D eigenvalue weighted by Crippen LogP contribution is -2.13. The molecular formula is C15H13F2NO2. The van der Waals surface area contributed by atoms with E-state index in [1.807, 2.05) is 0 Å². The van der Waals surface area contributed by atoms with Crippen molar-refractivity contribution >= 4 is 11.7 Å². The topological polar surface area (TPSA) is 49.3 Å². The van der Waals surface area contributed by atoms with Gasteiger partial charge in [0.25, 0.3) is 0 Å². The first-order valence-corrected chi connectivity index (χ1v) is 6.03. The quantitative estimate of drug-likeness (QED) is 0.892. The van der Waals surface area contributed by atoms with Crippen molar-refractivity contribution in [2.24, 2.45) is 0 Å². The Morgan fingerprint density at radius 2 is 1.70 bits per heavy atom. The molecule has 5 heteroatoms. The molecule has 1 unspecified atom stereocenters. The van der Waals surface area contributed by atoms with Gasteiger partial charge in [0.1, 0.15) is 11.6 Å². The van der Waals surface area contributed by atoms with Gasteiger partial charge in [0.05, 0.1) is 11.6 Å². The van der Waals surface area contributed by atoms with Crippen LogP contribution in [0.5, 0.6) is 0 Å². The number of hydrogen-bond acceptors (Lipinski definition) is 2. The highest BCUT2D eigenvalue weighted by Crippen LogP contribution is 2.26. The first kappa shape index (κ1) is 14.0. The molecule has 2 rings (SSSR count). The first-order valence-electron chi connectivity index (χ1n) is 6.03. The van der Waals surface area contributed by atoms with Gasteiger partial charge in [-0.05, 0) is 31.2 Å². The summed E-state index contributed by atoms with van der Waals surface area (Å²) in [5.74, 6) is -2.44. The van der Waals surface area contributed by atoms with E-state index < -0.39 is 23.6 Å². The Hall–Kier alpha value is -2.43. The second kappa shape index (κ2) is 5.69. The van der Waals surface area contributed by atoms with Gasteiger partial charge in [-0.15, -0.1) is 0 Å². The monoisotopic (exact) mass is 277 g/mol. The van der Waals surface area contributed by atoms with Crippen molar-refractivity contribution in [2.45, 2.75) is 13.0 Å². The van der Waals surface area contributed by atoms with E-state index in [0.29, 0.717) is 5.69 Å². The van der Waals surface area contributed by atoms with E-state index in [0.717, 1.165) is 0 Å². The highest BCUT2D eigenvalue weighted by Gasteiger charge is 2.18. The first-order chi connectivity index (χ1) is 9.50. The molecule has 0 aliphatic carbocycles. The standard InChI is InChI=1S/C15H13F2NO2/c1-9(14-11(16)6-4-7-12(14)17)18-13-8-3-2-5-10(13)15(19)20/h2-9,18H,1H3,(H,19,20). The molecule has 1 atom stereocenters. The van der Waals surface area contributed by atoms with Crippen LogP contribution in [-0.2, 0) is 0 Å². The largest absolute Gasteiger partial charge is 0.478 e. The van der Waals surface area contributed by atoms with E-state index >= 15 is 0 Å². The third-order valence-electron chi connectivity index (χ3n) is 2.96. The predicted molar refractivity (Wildman–Crippen MR) is 71.8 cm³/mol. The molecule has 0 radical (unpaired) electrons. The lowest BCUT2D eigenvalue weighted by molar-refractivity contribution is 0.0698. The average molecular weight is 277 g/mol. The SMILES string of the molecule is CC(Nc1ccccc1C(=O)O)c1c(F)cccc1F. The molecule has 0 spiro atoms. The summed E-state index contributed by atoms with van der Waals surface area (Å²) >= 11 is 0. The Morgan fingerprint density at radius 3 is 2.30 bits per heavy atom. The Morgan fingerprint density at radius 1 is 1.10 bits per heavy atom. The molecular weight excluding hydrogens is 264 g/mol. The molecule has 0 aliphatic heterocycles. The zero-order valence-corrected chi connectivity index (χ0v) is 10.7. The van der Waals surface area contributed by atoms with Gasteiger partial charge in [-0.1, -0.05) is 18.2 Å². The van der Waals surface area contributed by atoms with Crippen molar-refractivity contribution < 1.29 is 18.7 Å². The zero-order chi connectivity index (χ0) is 14.7. The number of nitrogens with one attached hydrogen (secondary N) is 1. The van der Waals surface area contributed by atoms with E-state index in [1.54, 1.807) is 25.1 Å². The van der Waals surface area contributed by atoms with Crippen LogP contribution < -0.4 is 5.32 Å². The minimum absolute atomic E-state index is 0.0519. The number of carbonyl (C=O) groups is 1. The van der Waals surface area contributed by atoms with Crippen molar-refractivity contribution in [3.05, 3.63) is 65.2 Å². The highest BCUT2D eigenvalue weighted by atomic mass is 19.1. The molecule has 0 saturated carbocycles. The van der Waals surface area contributed by atoms with Crippen LogP contribution >= 0.6 is 0 Å². The molecule has 0 heterocycles. The van der Waals surface area contributed by atoms with Gasteiger partial charge in [-0.25, -0.2) is 13.6 Å². The molecule has 0 bridgehead atoms. The zero-order valence-electron chi connectivity index (χ0n) is 10.7. The summed E-state index contributed by atoms with van der Waals surface area (Å²) in [5, 5.41) is 11.9.